The second-order valence-electron chi connectivity index (χ2n) is 5.95. The molecule has 2 heterocycles. The van der Waals surface area contributed by atoms with Gasteiger partial charge in [0, 0.05) is 29.9 Å². The van der Waals surface area contributed by atoms with Crippen LogP contribution in [0.4, 0.5) is 0 Å². The highest BCUT2D eigenvalue weighted by atomic mass is 32.2. The van der Waals surface area contributed by atoms with Crippen LogP contribution in [0.15, 0.2) is 43.0 Å². The topological polar surface area (TPSA) is 17.8 Å². The molecule has 2 nitrogen and oxygen atoms in total. The minimum atomic E-state index is 0.245. The van der Waals surface area contributed by atoms with Crippen LogP contribution in [0.3, 0.4) is 0 Å². The van der Waals surface area contributed by atoms with Crippen LogP contribution in [0.2, 0.25) is 0 Å². The zero-order chi connectivity index (χ0) is 15.4. The number of benzene rings is 1. The van der Waals surface area contributed by atoms with E-state index in [1.807, 2.05) is 12.5 Å². The van der Waals surface area contributed by atoms with Crippen molar-refractivity contribution in [2.75, 3.05) is 5.75 Å². The van der Waals surface area contributed by atoms with Gasteiger partial charge < -0.3 is 4.57 Å². The van der Waals surface area contributed by atoms with E-state index in [2.05, 4.69) is 77.4 Å². The molecule has 4 heteroatoms. The lowest BCUT2D eigenvalue weighted by Gasteiger charge is -2.28. The van der Waals surface area contributed by atoms with E-state index in [4.69, 9.17) is 0 Å². The molecule has 2 atom stereocenters. The van der Waals surface area contributed by atoms with Gasteiger partial charge in [-0.1, -0.05) is 38.1 Å². The van der Waals surface area contributed by atoms with Gasteiger partial charge in [0.05, 0.1) is 10.4 Å². The Kier molecular flexibility index (Phi) is 5.19. The molecular weight excluding hydrogens is 308 g/mol. The SMILES string of the molecule is CCc1ccc(CC2(Cn3ccnc3)SCC(CC)S2)cc1. The quantitative estimate of drug-likeness (QED) is 0.767. The number of aromatic nitrogens is 2. The van der Waals surface area contributed by atoms with Crippen molar-refractivity contribution in [2.24, 2.45) is 0 Å². The van der Waals surface area contributed by atoms with Gasteiger partial charge >= 0.3 is 0 Å². The summed E-state index contributed by atoms with van der Waals surface area (Å²) in [5.74, 6) is 1.27. The van der Waals surface area contributed by atoms with E-state index in [1.165, 1.54) is 23.3 Å². The van der Waals surface area contributed by atoms with Crippen molar-refractivity contribution in [3.63, 3.8) is 0 Å². The smallest absolute Gasteiger partial charge is 0.0946 e. The summed E-state index contributed by atoms with van der Waals surface area (Å²) in [5, 5.41) is 0.781. The number of hydrogen-bond acceptors (Lipinski definition) is 3. The van der Waals surface area contributed by atoms with Gasteiger partial charge in [-0.2, -0.15) is 0 Å². The Balaban J connectivity index is 1.78. The molecule has 1 fully saturated rings. The summed E-state index contributed by atoms with van der Waals surface area (Å²) in [7, 11) is 0. The first-order valence-corrected chi connectivity index (χ1v) is 9.95. The highest BCUT2D eigenvalue weighted by molar-refractivity contribution is 8.21. The van der Waals surface area contributed by atoms with Crippen molar-refractivity contribution < 1.29 is 0 Å². The maximum Gasteiger partial charge on any atom is 0.0946 e. The molecule has 1 aliphatic rings. The third kappa shape index (κ3) is 3.72. The van der Waals surface area contributed by atoms with Crippen molar-refractivity contribution in [3.05, 3.63) is 54.1 Å². The van der Waals surface area contributed by atoms with Crippen LogP contribution >= 0.6 is 23.5 Å². The van der Waals surface area contributed by atoms with Crippen LogP contribution in [0, 0.1) is 0 Å². The zero-order valence-electron chi connectivity index (χ0n) is 13.4. The van der Waals surface area contributed by atoms with Crippen molar-refractivity contribution in [2.45, 2.75) is 49.0 Å². The van der Waals surface area contributed by atoms with Gasteiger partial charge in [-0.05, 0) is 30.4 Å². The Hall–Kier alpha value is -0.870. The van der Waals surface area contributed by atoms with Gasteiger partial charge in [-0.15, -0.1) is 23.5 Å². The van der Waals surface area contributed by atoms with Gasteiger partial charge in [0.15, 0.2) is 0 Å². The van der Waals surface area contributed by atoms with Gasteiger partial charge in [-0.3, -0.25) is 0 Å². The average Bonchev–Trinajstić information content (AvgIpc) is 3.18. The number of imidazole rings is 1. The van der Waals surface area contributed by atoms with Gasteiger partial charge in [0.25, 0.3) is 0 Å². The monoisotopic (exact) mass is 332 g/mol. The maximum absolute atomic E-state index is 4.21. The number of nitrogens with zero attached hydrogens (tertiary/aromatic N) is 2. The summed E-state index contributed by atoms with van der Waals surface area (Å²) in [6.45, 7) is 5.56. The van der Waals surface area contributed by atoms with E-state index in [0.717, 1.165) is 24.6 Å². The fraction of sp³-hybridized carbons (Fsp3) is 0.500. The minimum Gasteiger partial charge on any atom is -0.335 e. The predicted octanol–water partition coefficient (Wildman–Crippen LogP) is 4.64. The highest BCUT2D eigenvalue weighted by Gasteiger charge is 2.40. The van der Waals surface area contributed by atoms with Crippen LogP contribution in [-0.2, 0) is 19.4 Å². The molecule has 0 saturated carbocycles. The van der Waals surface area contributed by atoms with E-state index in [0.29, 0.717) is 0 Å². The lowest BCUT2D eigenvalue weighted by molar-refractivity contribution is 0.624. The maximum atomic E-state index is 4.21. The molecule has 1 aromatic carbocycles. The second-order valence-corrected chi connectivity index (χ2v) is 9.30. The van der Waals surface area contributed by atoms with Crippen LogP contribution in [0.25, 0.3) is 0 Å². The molecule has 0 bridgehead atoms. The van der Waals surface area contributed by atoms with Crippen LogP contribution in [0.1, 0.15) is 31.4 Å². The van der Waals surface area contributed by atoms with E-state index < -0.39 is 0 Å². The number of aryl methyl sites for hydroxylation is 1. The van der Waals surface area contributed by atoms with Crippen LogP contribution in [0.5, 0.6) is 0 Å². The number of hydrogen-bond donors (Lipinski definition) is 0. The van der Waals surface area contributed by atoms with Crippen molar-refractivity contribution in [3.8, 4) is 0 Å². The predicted molar refractivity (Wildman–Crippen MR) is 98.6 cm³/mol. The molecule has 2 aromatic rings. The van der Waals surface area contributed by atoms with Crippen LogP contribution < -0.4 is 0 Å². The molecule has 3 rings (SSSR count). The molecule has 1 aromatic heterocycles. The third-order valence-corrected chi connectivity index (χ3v) is 8.01. The van der Waals surface area contributed by atoms with E-state index in [1.54, 1.807) is 0 Å². The fourth-order valence-electron chi connectivity index (χ4n) is 2.91. The second kappa shape index (κ2) is 7.14. The molecule has 1 saturated heterocycles. The Labute approximate surface area is 142 Å². The molecule has 1 aliphatic heterocycles. The summed E-state index contributed by atoms with van der Waals surface area (Å²) >= 11 is 4.32. The summed E-state index contributed by atoms with van der Waals surface area (Å²) in [5.41, 5.74) is 2.87. The Morgan fingerprint density at radius 2 is 2.00 bits per heavy atom. The first kappa shape index (κ1) is 16.0. The standard InChI is InChI=1S/C18H24N2S2/c1-3-15-5-7-16(8-6-15)11-18(13-20-10-9-19-14-20)21-12-17(4-2)22-18/h5-10,14,17H,3-4,11-13H2,1-2H3. The zero-order valence-corrected chi connectivity index (χ0v) is 15.0. The fourth-order valence-corrected chi connectivity index (χ4v) is 6.75. The van der Waals surface area contributed by atoms with Gasteiger partial charge in [0.1, 0.15) is 0 Å². The van der Waals surface area contributed by atoms with Crippen LogP contribution in [-0.4, -0.2) is 24.6 Å². The Morgan fingerprint density at radius 3 is 2.59 bits per heavy atom. The third-order valence-electron chi connectivity index (χ3n) is 4.26. The molecular formula is C18H24N2S2. The molecule has 0 aliphatic carbocycles. The Morgan fingerprint density at radius 1 is 1.23 bits per heavy atom. The lowest BCUT2D eigenvalue weighted by atomic mass is 10.1. The first-order chi connectivity index (χ1) is 10.7. The normalized spacial score (nSPS) is 24.7. The summed E-state index contributed by atoms with van der Waals surface area (Å²) in [4.78, 5) is 4.21. The van der Waals surface area contributed by atoms with E-state index in [9.17, 15) is 0 Å². The Bertz CT molecular complexity index is 580. The largest absolute Gasteiger partial charge is 0.335 e. The highest BCUT2D eigenvalue weighted by Crippen LogP contribution is 2.51. The summed E-state index contributed by atoms with van der Waals surface area (Å²) < 4.78 is 2.48. The van der Waals surface area contributed by atoms with Crippen molar-refractivity contribution in [1.29, 1.82) is 0 Å². The molecule has 0 amide bonds. The molecule has 0 N–H and O–H groups in total. The molecule has 2 unspecified atom stereocenters. The molecule has 118 valence electrons. The minimum absolute atomic E-state index is 0.245. The van der Waals surface area contributed by atoms with E-state index >= 15 is 0 Å². The van der Waals surface area contributed by atoms with Crippen molar-refractivity contribution >= 4 is 23.5 Å². The molecule has 0 radical (unpaired) electrons. The summed E-state index contributed by atoms with van der Waals surface area (Å²) in [6, 6.07) is 9.19. The number of rotatable bonds is 6. The lowest BCUT2D eigenvalue weighted by Crippen LogP contribution is -2.27. The van der Waals surface area contributed by atoms with Crippen molar-refractivity contribution in [1.82, 2.24) is 9.55 Å². The van der Waals surface area contributed by atoms with E-state index in [-0.39, 0.29) is 4.08 Å². The van der Waals surface area contributed by atoms with Gasteiger partial charge in [-0.25, -0.2) is 4.98 Å². The van der Waals surface area contributed by atoms with Gasteiger partial charge in [0.2, 0.25) is 0 Å². The first-order valence-electron chi connectivity index (χ1n) is 8.08. The number of thioether (sulfide) groups is 2. The average molecular weight is 333 g/mol. The molecule has 0 spiro atoms. The summed E-state index contributed by atoms with van der Waals surface area (Å²) in [6.07, 6.45) is 9.41. The molecule has 22 heavy (non-hydrogen) atoms.